The van der Waals surface area contributed by atoms with E-state index in [-0.39, 0.29) is 18.1 Å². The molecule has 1 amide bonds. The lowest BCUT2D eigenvalue weighted by molar-refractivity contribution is 0.0955. The van der Waals surface area contributed by atoms with E-state index in [0.29, 0.717) is 21.2 Å². The maximum atomic E-state index is 11.5. The smallest absolute Gasteiger partial charge is 0.275 e. The topological polar surface area (TPSA) is 88.1 Å². The standard InChI is InChI=1S/C13H10ClN3O2S/c14-10-2-1-3-11(9(10)6-15)19-7-8-4-5-20-12(8)13(18)17-16/h1-5H,7,16H2,(H,17,18). The van der Waals surface area contributed by atoms with Gasteiger partial charge in [-0.1, -0.05) is 17.7 Å². The summed E-state index contributed by atoms with van der Waals surface area (Å²) in [5.41, 5.74) is 3.05. The molecule has 0 radical (unpaired) electrons. The number of nitrogens with one attached hydrogen (secondary N) is 1. The van der Waals surface area contributed by atoms with E-state index >= 15 is 0 Å². The Hall–Kier alpha value is -2.07. The molecule has 7 heteroatoms. The van der Waals surface area contributed by atoms with Crippen LogP contribution in [0, 0.1) is 11.3 Å². The summed E-state index contributed by atoms with van der Waals surface area (Å²) < 4.78 is 5.57. The van der Waals surface area contributed by atoms with Gasteiger partial charge in [0.05, 0.1) is 9.90 Å². The van der Waals surface area contributed by atoms with Gasteiger partial charge in [-0.2, -0.15) is 5.26 Å². The SMILES string of the molecule is N#Cc1c(Cl)cccc1OCc1ccsc1C(=O)NN. The Kier molecular flexibility index (Phi) is 4.58. The number of nitriles is 1. The van der Waals surface area contributed by atoms with Crippen LogP contribution in [0.5, 0.6) is 5.75 Å². The zero-order valence-electron chi connectivity index (χ0n) is 10.2. The lowest BCUT2D eigenvalue weighted by atomic mass is 10.2. The predicted molar refractivity (Wildman–Crippen MR) is 76.5 cm³/mol. The van der Waals surface area contributed by atoms with E-state index in [2.05, 4.69) is 5.43 Å². The molecule has 2 rings (SSSR count). The first-order chi connectivity index (χ1) is 9.67. The Balaban J connectivity index is 2.18. The number of nitrogens with zero attached hydrogens (tertiary/aromatic N) is 1. The first kappa shape index (κ1) is 14.3. The van der Waals surface area contributed by atoms with Crippen molar-refractivity contribution in [1.82, 2.24) is 5.43 Å². The van der Waals surface area contributed by atoms with E-state index in [4.69, 9.17) is 27.4 Å². The Labute approximate surface area is 124 Å². The molecular weight excluding hydrogens is 298 g/mol. The van der Waals surface area contributed by atoms with Crippen LogP contribution in [0.3, 0.4) is 0 Å². The molecule has 1 aromatic carbocycles. The number of nitrogens with two attached hydrogens (primary N) is 1. The predicted octanol–water partition coefficient (Wildman–Crippen LogP) is 2.46. The van der Waals surface area contributed by atoms with Crippen molar-refractivity contribution in [2.75, 3.05) is 0 Å². The highest BCUT2D eigenvalue weighted by molar-refractivity contribution is 7.12. The summed E-state index contributed by atoms with van der Waals surface area (Å²) in [5.74, 6) is 5.12. The second-order valence-corrected chi connectivity index (χ2v) is 5.09. The first-order valence-corrected chi connectivity index (χ1v) is 6.82. The number of ether oxygens (including phenoxy) is 1. The fourth-order valence-corrected chi connectivity index (χ4v) is 2.62. The van der Waals surface area contributed by atoms with Crippen LogP contribution in [0.15, 0.2) is 29.6 Å². The average Bonchev–Trinajstić information content (AvgIpc) is 2.92. The fourth-order valence-electron chi connectivity index (χ4n) is 1.60. The van der Waals surface area contributed by atoms with Gasteiger partial charge in [-0.25, -0.2) is 5.84 Å². The Morgan fingerprint density at radius 1 is 1.50 bits per heavy atom. The molecule has 1 aromatic heterocycles. The molecule has 0 spiro atoms. The highest BCUT2D eigenvalue weighted by atomic mass is 35.5. The van der Waals surface area contributed by atoms with Crippen LogP contribution < -0.4 is 16.0 Å². The lowest BCUT2D eigenvalue weighted by Crippen LogP contribution is -2.30. The van der Waals surface area contributed by atoms with Crippen molar-refractivity contribution in [2.45, 2.75) is 6.61 Å². The van der Waals surface area contributed by atoms with Crippen molar-refractivity contribution >= 4 is 28.8 Å². The summed E-state index contributed by atoms with van der Waals surface area (Å²) in [6.07, 6.45) is 0. The van der Waals surface area contributed by atoms with E-state index in [1.54, 1.807) is 29.6 Å². The average molecular weight is 308 g/mol. The zero-order chi connectivity index (χ0) is 14.5. The van der Waals surface area contributed by atoms with Gasteiger partial charge in [-0.3, -0.25) is 10.2 Å². The van der Waals surface area contributed by atoms with Gasteiger partial charge in [-0.05, 0) is 23.6 Å². The summed E-state index contributed by atoms with van der Waals surface area (Å²) in [4.78, 5) is 12.0. The molecule has 20 heavy (non-hydrogen) atoms. The van der Waals surface area contributed by atoms with E-state index in [1.165, 1.54) is 11.3 Å². The molecule has 0 atom stereocenters. The molecule has 0 saturated carbocycles. The van der Waals surface area contributed by atoms with Crippen molar-refractivity contribution in [3.63, 3.8) is 0 Å². The molecule has 0 aliphatic rings. The monoisotopic (exact) mass is 307 g/mol. The molecule has 0 aliphatic carbocycles. The number of carbonyl (C=O) groups excluding carboxylic acids is 1. The van der Waals surface area contributed by atoms with Crippen molar-refractivity contribution < 1.29 is 9.53 Å². The molecule has 0 bridgehead atoms. The summed E-state index contributed by atoms with van der Waals surface area (Å²) in [5, 5.41) is 11.1. The number of hydrogen-bond acceptors (Lipinski definition) is 5. The van der Waals surface area contributed by atoms with Crippen LogP contribution in [-0.4, -0.2) is 5.91 Å². The number of rotatable bonds is 4. The minimum absolute atomic E-state index is 0.154. The molecule has 5 nitrogen and oxygen atoms in total. The molecule has 3 N–H and O–H groups in total. The number of nitrogen functional groups attached to an aromatic ring is 1. The second-order valence-electron chi connectivity index (χ2n) is 3.76. The number of benzene rings is 1. The summed E-state index contributed by atoms with van der Waals surface area (Å²) in [6.45, 7) is 0.154. The minimum Gasteiger partial charge on any atom is -0.487 e. The Morgan fingerprint density at radius 2 is 2.30 bits per heavy atom. The zero-order valence-corrected chi connectivity index (χ0v) is 11.8. The van der Waals surface area contributed by atoms with Gasteiger partial charge in [0.25, 0.3) is 5.91 Å². The summed E-state index contributed by atoms with van der Waals surface area (Å²) in [6, 6.07) is 8.72. The van der Waals surface area contributed by atoms with Crippen LogP contribution >= 0.6 is 22.9 Å². The van der Waals surface area contributed by atoms with Gasteiger partial charge < -0.3 is 4.74 Å². The molecule has 2 aromatic rings. The largest absolute Gasteiger partial charge is 0.487 e. The van der Waals surface area contributed by atoms with Gasteiger partial charge in [0.2, 0.25) is 0 Å². The number of hydrazine groups is 1. The second kappa shape index (κ2) is 6.39. The number of thiophene rings is 1. The molecule has 102 valence electrons. The highest BCUT2D eigenvalue weighted by Gasteiger charge is 2.14. The van der Waals surface area contributed by atoms with E-state index in [9.17, 15) is 4.79 Å². The summed E-state index contributed by atoms with van der Waals surface area (Å²) >= 11 is 7.18. The maximum absolute atomic E-state index is 11.5. The van der Waals surface area contributed by atoms with Crippen molar-refractivity contribution in [3.05, 3.63) is 50.7 Å². The Morgan fingerprint density at radius 3 is 3.00 bits per heavy atom. The third-order valence-electron chi connectivity index (χ3n) is 2.55. The number of halogens is 1. The van der Waals surface area contributed by atoms with Crippen LogP contribution in [0.2, 0.25) is 5.02 Å². The third kappa shape index (κ3) is 2.91. The van der Waals surface area contributed by atoms with Crippen LogP contribution in [0.1, 0.15) is 20.8 Å². The van der Waals surface area contributed by atoms with Crippen molar-refractivity contribution in [2.24, 2.45) is 5.84 Å². The first-order valence-electron chi connectivity index (χ1n) is 5.56. The Bertz CT molecular complexity index is 678. The maximum Gasteiger partial charge on any atom is 0.275 e. The van der Waals surface area contributed by atoms with E-state index in [1.807, 2.05) is 6.07 Å². The third-order valence-corrected chi connectivity index (χ3v) is 3.82. The van der Waals surface area contributed by atoms with E-state index in [0.717, 1.165) is 0 Å². The van der Waals surface area contributed by atoms with Crippen LogP contribution in [0.25, 0.3) is 0 Å². The van der Waals surface area contributed by atoms with Gasteiger partial charge in [0, 0.05) is 5.56 Å². The van der Waals surface area contributed by atoms with Gasteiger partial charge in [0.15, 0.2) is 0 Å². The normalized spacial score (nSPS) is 9.85. The molecule has 0 fully saturated rings. The van der Waals surface area contributed by atoms with Crippen LogP contribution in [0.4, 0.5) is 0 Å². The molecule has 0 unspecified atom stereocenters. The van der Waals surface area contributed by atoms with Crippen LogP contribution in [-0.2, 0) is 6.61 Å². The number of hydrogen-bond donors (Lipinski definition) is 2. The van der Waals surface area contributed by atoms with E-state index < -0.39 is 0 Å². The van der Waals surface area contributed by atoms with Gasteiger partial charge in [-0.15, -0.1) is 11.3 Å². The molecule has 0 aliphatic heterocycles. The number of carbonyl (C=O) groups is 1. The van der Waals surface area contributed by atoms with Crippen molar-refractivity contribution in [1.29, 1.82) is 5.26 Å². The highest BCUT2D eigenvalue weighted by Crippen LogP contribution is 2.27. The fraction of sp³-hybridized carbons (Fsp3) is 0.0769. The molecular formula is C13H10ClN3O2S. The van der Waals surface area contributed by atoms with Gasteiger partial charge in [0.1, 0.15) is 24.0 Å². The number of amides is 1. The minimum atomic E-state index is -0.370. The lowest BCUT2D eigenvalue weighted by Gasteiger charge is -2.09. The van der Waals surface area contributed by atoms with Crippen molar-refractivity contribution in [3.8, 4) is 11.8 Å². The van der Waals surface area contributed by atoms with Gasteiger partial charge >= 0.3 is 0 Å². The molecule has 1 heterocycles. The quantitative estimate of drug-likeness (QED) is 0.516. The summed E-state index contributed by atoms with van der Waals surface area (Å²) in [7, 11) is 0. The molecule has 0 saturated heterocycles.